The summed E-state index contributed by atoms with van der Waals surface area (Å²) >= 11 is 0. The van der Waals surface area contributed by atoms with Gasteiger partial charge in [-0.05, 0) is 23.1 Å². The van der Waals surface area contributed by atoms with Gasteiger partial charge in [0, 0.05) is 11.6 Å². The second kappa shape index (κ2) is 6.10. The molecule has 0 fully saturated rings. The molecule has 1 aromatic heterocycles. The summed E-state index contributed by atoms with van der Waals surface area (Å²) in [6, 6.07) is 14.7. The normalized spacial score (nSPS) is 11.3. The van der Waals surface area contributed by atoms with E-state index in [0.717, 1.165) is 0 Å². The third-order valence-corrected chi connectivity index (χ3v) is 4.22. The van der Waals surface area contributed by atoms with E-state index in [2.05, 4.69) is 20.8 Å². The number of hydrogen-bond donors (Lipinski definition) is 0. The van der Waals surface area contributed by atoms with Crippen molar-refractivity contribution >= 4 is 11.0 Å². The Balaban J connectivity index is 2.24. The first-order valence-electron chi connectivity index (χ1n) is 8.01. The van der Waals surface area contributed by atoms with Crippen molar-refractivity contribution in [1.82, 2.24) is 0 Å². The minimum Gasteiger partial charge on any atom is -0.497 e. The molecule has 3 aromatic rings. The summed E-state index contributed by atoms with van der Waals surface area (Å²) in [6.07, 6.45) is 0. The van der Waals surface area contributed by atoms with E-state index in [9.17, 15) is 10.1 Å². The molecule has 4 heteroatoms. The van der Waals surface area contributed by atoms with Crippen molar-refractivity contribution in [3.05, 3.63) is 63.8 Å². The third-order valence-electron chi connectivity index (χ3n) is 4.22. The fraction of sp³-hybridized carbons (Fsp3) is 0.238. The number of fused-ring (bicyclic) bond motifs is 1. The minimum absolute atomic E-state index is 0.0150. The maximum Gasteiger partial charge on any atom is 0.211 e. The van der Waals surface area contributed by atoms with Crippen LogP contribution in [0.2, 0.25) is 0 Å². The lowest BCUT2D eigenvalue weighted by Crippen LogP contribution is -2.11. The lowest BCUT2D eigenvalue weighted by Gasteiger charge is -2.19. The summed E-state index contributed by atoms with van der Waals surface area (Å²) in [5.74, 6) is 0.878. The molecule has 0 aliphatic heterocycles. The number of ether oxygens (including phenoxy) is 1. The number of methoxy groups -OCH3 is 1. The lowest BCUT2D eigenvalue weighted by atomic mass is 9.86. The summed E-state index contributed by atoms with van der Waals surface area (Å²) in [4.78, 5) is 12.7. The van der Waals surface area contributed by atoms with E-state index < -0.39 is 0 Å². The van der Waals surface area contributed by atoms with Gasteiger partial charge in [0.1, 0.15) is 23.0 Å². The number of rotatable bonds is 2. The molecule has 4 nitrogen and oxygen atoms in total. The highest BCUT2D eigenvalue weighted by atomic mass is 16.5. The van der Waals surface area contributed by atoms with E-state index in [1.54, 1.807) is 25.3 Å². The zero-order valence-electron chi connectivity index (χ0n) is 14.7. The summed E-state index contributed by atoms with van der Waals surface area (Å²) < 4.78 is 11.1. The van der Waals surface area contributed by atoms with Gasteiger partial charge in [-0.25, -0.2) is 0 Å². The monoisotopic (exact) mass is 333 g/mol. The predicted octanol–water partition coefficient (Wildman–Crippen LogP) is 4.64. The van der Waals surface area contributed by atoms with Crippen LogP contribution in [-0.4, -0.2) is 7.11 Å². The Morgan fingerprint density at radius 3 is 2.32 bits per heavy atom. The van der Waals surface area contributed by atoms with E-state index in [1.165, 1.54) is 5.56 Å². The molecule has 1 heterocycles. The Kier molecular flexibility index (Phi) is 4.10. The minimum atomic E-state index is -0.332. The van der Waals surface area contributed by atoms with Crippen molar-refractivity contribution in [1.29, 1.82) is 5.26 Å². The van der Waals surface area contributed by atoms with Gasteiger partial charge in [0.05, 0.1) is 12.5 Å². The SMILES string of the molecule is COc1ccc2c(=O)c(C#N)c(-c3ccc(C(C)(C)C)cc3)oc2c1. The molecule has 0 bridgehead atoms. The fourth-order valence-electron chi connectivity index (χ4n) is 2.73. The molecule has 126 valence electrons. The second-order valence-electron chi connectivity index (χ2n) is 6.94. The summed E-state index contributed by atoms with van der Waals surface area (Å²) in [5, 5.41) is 9.84. The molecule has 0 aliphatic rings. The molecule has 0 aliphatic carbocycles. The van der Waals surface area contributed by atoms with Gasteiger partial charge in [-0.1, -0.05) is 45.0 Å². The maximum absolute atomic E-state index is 12.7. The van der Waals surface area contributed by atoms with E-state index in [1.807, 2.05) is 30.3 Å². The number of hydrogen-bond acceptors (Lipinski definition) is 4. The molecule has 25 heavy (non-hydrogen) atoms. The van der Waals surface area contributed by atoms with Crippen molar-refractivity contribution in [2.75, 3.05) is 7.11 Å². The topological polar surface area (TPSA) is 63.2 Å². The van der Waals surface area contributed by atoms with E-state index in [4.69, 9.17) is 9.15 Å². The highest BCUT2D eigenvalue weighted by Gasteiger charge is 2.18. The van der Waals surface area contributed by atoms with Crippen LogP contribution in [0.5, 0.6) is 5.75 Å². The second-order valence-corrected chi connectivity index (χ2v) is 6.94. The van der Waals surface area contributed by atoms with Gasteiger partial charge in [0.2, 0.25) is 5.43 Å². The quantitative estimate of drug-likeness (QED) is 0.685. The molecule has 0 radical (unpaired) electrons. The molecule has 3 rings (SSSR count). The Bertz CT molecular complexity index is 1030. The Labute approximate surface area is 146 Å². The van der Waals surface area contributed by atoms with E-state index in [0.29, 0.717) is 22.3 Å². The lowest BCUT2D eigenvalue weighted by molar-refractivity contribution is 0.414. The van der Waals surface area contributed by atoms with Crippen LogP contribution in [0.15, 0.2) is 51.7 Å². The van der Waals surface area contributed by atoms with Gasteiger partial charge < -0.3 is 9.15 Å². The molecule has 2 aromatic carbocycles. The number of benzene rings is 2. The number of nitrogens with zero attached hydrogens (tertiary/aromatic N) is 1. The molecular formula is C21H19NO3. The first-order valence-corrected chi connectivity index (χ1v) is 8.01. The summed E-state index contributed by atoms with van der Waals surface area (Å²) in [6.45, 7) is 6.39. The van der Waals surface area contributed by atoms with Crippen molar-refractivity contribution in [2.45, 2.75) is 26.2 Å². The Morgan fingerprint density at radius 2 is 1.76 bits per heavy atom. The molecule has 0 atom stereocenters. The van der Waals surface area contributed by atoms with Crippen LogP contribution in [0, 0.1) is 11.3 Å². The van der Waals surface area contributed by atoms with Crippen LogP contribution in [0.3, 0.4) is 0 Å². The highest BCUT2D eigenvalue weighted by molar-refractivity contribution is 5.83. The Hall–Kier alpha value is -3.06. The van der Waals surface area contributed by atoms with Crippen molar-refractivity contribution in [3.63, 3.8) is 0 Å². The molecule has 0 saturated heterocycles. The third kappa shape index (κ3) is 3.01. The van der Waals surface area contributed by atoms with Crippen molar-refractivity contribution in [3.8, 4) is 23.1 Å². The first-order chi connectivity index (χ1) is 11.8. The molecule has 0 spiro atoms. The average molecular weight is 333 g/mol. The smallest absolute Gasteiger partial charge is 0.211 e. The van der Waals surface area contributed by atoms with Gasteiger partial charge in [0.25, 0.3) is 0 Å². The van der Waals surface area contributed by atoms with Gasteiger partial charge in [-0.2, -0.15) is 5.26 Å². The summed E-state index contributed by atoms with van der Waals surface area (Å²) in [7, 11) is 1.55. The fourth-order valence-corrected chi connectivity index (χ4v) is 2.73. The Morgan fingerprint density at radius 1 is 1.08 bits per heavy atom. The summed E-state index contributed by atoms with van der Waals surface area (Å²) in [5.41, 5.74) is 1.97. The van der Waals surface area contributed by atoms with Gasteiger partial charge in [-0.15, -0.1) is 0 Å². The van der Waals surface area contributed by atoms with Crippen LogP contribution in [-0.2, 0) is 5.41 Å². The van der Waals surface area contributed by atoms with E-state index >= 15 is 0 Å². The van der Waals surface area contributed by atoms with Crippen LogP contribution < -0.4 is 10.2 Å². The van der Waals surface area contributed by atoms with Crippen LogP contribution in [0.4, 0.5) is 0 Å². The molecular weight excluding hydrogens is 314 g/mol. The van der Waals surface area contributed by atoms with Crippen LogP contribution >= 0.6 is 0 Å². The molecule has 0 amide bonds. The van der Waals surface area contributed by atoms with Crippen molar-refractivity contribution < 1.29 is 9.15 Å². The zero-order chi connectivity index (χ0) is 18.2. The number of nitriles is 1. The van der Waals surface area contributed by atoms with Gasteiger partial charge >= 0.3 is 0 Å². The molecule has 0 N–H and O–H groups in total. The van der Waals surface area contributed by atoms with Crippen LogP contribution in [0.25, 0.3) is 22.3 Å². The standard InChI is InChI=1S/C21H19NO3/c1-21(2,3)14-7-5-13(6-8-14)20-17(12-22)19(23)16-10-9-15(24-4)11-18(16)25-20/h5-11H,1-4H3. The maximum atomic E-state index is 12.7. The largest absolute Gasteiger partial charge is 0.497 e. The zero-order valence-corrected chi connectivity index (χ0v) is 14.7. The first kappa shape index (κ1) is 16.8. The van der Waals surface area contributed by atoms with E-state index in [-0.39, 0.29) is 22.2 Å². The van der Waals surface area contributed by atoms with Crippen LogP contribution in [0.1, 0.15) is 31.9 Å². The molecule has 0 saturated carbocycles. The predicted molar refractivity (Wildman–Crippen MR) is 97.9 cm³/mol. The van der Waals surface area contributed by atoms with Gasteiger partial charge in [-0.3, -0.25) is 4.79 Å². The van der Waals surface area contributed by atoms with Crippen molar-refractivity contribution in [2.24, 2.45) is 0 Å². The van der Waals surface area contributed by atoms with Gasteiger partial charge in [0.15, 0.2) is 5.76 Å². The highest BCUT2D eigenvalue weighted by Crippen LogP contribution is 2.30. The average Bonchev–Trinajstić information content (AvgIpc) is 2.60. The molecule has 0 unspecified atom stereocenters.